The standard InChI is InChI=1S/C11H11BrClN3/c1-16-5-4-14-11(16)7-15-8-2-3-10(13)9(12)6-8/h2-6,15H,7H2,1H3. The van der Waals surface area contributed by atoms with Gasteiger partial charge < -0.3 is 9.88 Å². The number of imidazole rings is 1. The van der Waals surface area contributed by atoms with E-state index < -0.39 is 0 Å². The highest BCUT2D eigenvalue weighted by atomic mass is 79.9. The van der Waals surface area contributed by atoms with E-state index in [2.05, 4.69) is 26.2 Å². The molecule has 0 aliphatic heterocycles. The van der Waals surface area contributed by atoms with Crippen molar-refractivity contribution >= 4 is 33.2 Å². The highest BCUT2D eigenvalue weighted by Crippen LogP contribution is 2.25. The molecule has 0 bridgehead atoms. The Hall–Kier alpha value is -1.000. The van der Waals surface area contributed by atoms with E-state index in [1.807, 2.05) is 36.0 Å². The Bertz CT molecular complexity index is 496. The number of aromatic nitrogens is 2. The van der Waals surface area contributed by atoms with Gasteiger partial charge in [0, 0.05) is 29.6 Å². The third kappa shape index (κ3) is 2.57. The first-order valence-electron chi connectivity index (χ1n) is 4.82. The van der Waals surface area contributed by atoms with E-state index in [-0.39, 0.29) is 0 Å². The van der Waals surface area contributed by atoms with Crippen LogP contribution in [0.1, 0.15) is 5.82 Å². The molecule has 0 saturated carbocycles. The summed E-state index contributed by atoms with van der Waals surface area (Å²) in [5, 5.41) is 3.99. The molecule has 0 spiro atoms. The number of hydrogen-bond donors (Lipinski definition) is 1. The molecule has 1 aromatic carbocycles. The summed E-state index contributed by atoms with van der Waals surface area (Å²) in [7, 11) is 1.97. The lowest BCUT2D eigenvalue weighted by molar-refractivity contribution is 0.813. The largest absolute Gasteiger partial charge is 0.378 e. The summed E-state index contributed by atoms with van der Waals surface area (Å²) in [6.45, 7) is 0.692. The summed E-state index contributed by atoms with van der Waals surface area (Å²) in [4.78, 5) is 4.23. The Morgan fingerprint density at radius 2 is 2.31 bits per heavy atom. The average molecular weight is 301 g/mol. The topological polar surface area (TPSA) is 29.9 Å². The van der Waals surface area contributed by atoms with E-state index in [9.17, 15) is 0 Å². The second-order valence-electron chi connectivity index (χ2n) is 3.44. The van der Waals surface area contributed by atoms with Crippen LogP contribution in [0.5, 0.6) is 0 Å². The van der Waals surface area contributed by atoms with Crippen LogP contribution >= 0.6 is 27.5 Å². The highest BCUT2D eigenvalue weighted by Gasteiger charge is 2.01. The Labute approximate surface area is 108 Å². The number of aryl methyl sites for hydroxylation is 1. The zero-order valence-electron chi connectivity index (χ0n) is 8.74. The molecule has 0 atom stereocenters. The number of nitrogens with one attached hydrogen (secondary N) is 1. The van der Waals surface area contributed by atoms with Gasteiger partial charge in [0.05, 0.1) is 11.6 Å². The molecule has 84 valence electrons. The van der Waals surface area contributed by atoms with Gasteiger partial charge in [-0.3, -0.25) is 0 Å². The summed E-state index contributed by atoms with van der Waals surface area (Å²) >= 11 is 9.30. The quantitative estimate of drug-likeness (QED) is 0.941. The van der Waals surface area contributed by atoms with Gasteiger partial charge in [-0.2, -0.15) is 0 Å². The molecule has 1 aromatic heterocycles. The molecule has 0 fully saturated rings. The Morgan fingerprint density at radius 1 is 1.50 bits per heavy atom. The molecule has 3 nitrogen and oxygen atoms in total. The van der Waals surface area contributed by atoms with Crippen LogP contribution in [0.2, 0.25) is 5.02 Å². The van der Waals surface area contributed by atoms with Crippen LogP contribution in [0.15, 0.2) is 35.1 Å². The van der Waals surface area contributed by atoms with Crippen LogP contribution in [0.25, 0.3) is 0 Å². The van der Waals surface area contributed by atoms with Crippen LogP contribution < -0.4 is 5.32 Å². The number of halogens is 2. The minimum atomic E-state index is 0.692. The number of hydrogen-bond acceptors (Lipinski definition) is 2. The first-order chi connectivity index (χ1) is 7.66. The van der Waals surface area contributed by atoms with E-state index in [1.54, 1.807) is 6.20 Å². The summed E-state index contributed by atoms with van der Waals surface area (Å²) < 4.78 is 2.87. The number of benzene rings is 1. The third-order valence-corrected chi connectivity index (χ3v) is 3.51. The normalized spacial score (nSPS) is 10.4. The first-order valence-corrected chi connectivity index (χ1v) is 5.99. The zero-order valence-corrected chi connectivity index (χ0v) is 11.1. The van der Waals surface area contributed by atoms with Crippen LogP contribution in [0, 0.1) is 0 Å². The molecule has 0 unspecified atom stereocenters. The van der Waals surface area contributed by atoms with Crippen molar-refractivity contribution in [1.82, 2.24) is 9.55 Å². The Balaban J connectivity index is 2.05. The molecular formula is C11H11BrClN3. The average Bonchev–Trinajstić information content (AvgIpc) is 2.66. The summed E-state index contributed by atoms with van der Waals surface area (Å²) in [6, 6.07) is 5.74. The van der Waals surface area contributed by atoms with Crippen LogP contribution in [-0.2, 0) is 13.6 Å². The molecule has 2 rings (SSSR count). The van der Waals surface area contributed by atoms with Crippen LogP contribution in [0.4, 0.5) is 5.69 Å². The molecule has 1 heterocycles. The summed E-state index contributed by atoms with van der Waals surface area (Å²) in [5.74, 6) is 0.992. The van der Waals surface area contributed by atoms with Gasteiger partial charge in [-0.15, -0.1) is 0 Å². The predicted molar refractivity (Wildman–Crippen MR) is 69.7 cm³/mol. The van der Waals surface area contributed by atoms with E-state index >= 15 is 0 Å². The minimum Gasteiger partial charge on any atom is -0.378 e. The van der Waals surface area contributed by atoms with Gasteiger partial charge in [0.2, 0.25) is 0 Å². The van der Waals surface area contributed by atoms with Gasteiger partial charge in [0.1, 0.15) is 5.82 Å². The van der Waals surface area contributed by atoms with Gasteiger partial charge in [0.15, 0.2) is 0 Å². The maximum atomic E-state index is 5.91. The number of rotatable bonds is 3. The monoisotopic (exact) mass is 299 g/mol. The molecular weight excluding hydrogens is 289 g/mol. The molecule has 5 heteroatoms. The fraction of sp³-hybridized carbons (Fsp3) is 0.182. The van der Waals surface area contributed by atoms with Crippen molar-refractivity contribution in [2.75, 3.05) is 5.32 Å². The van der Waals surface area contributed by atoms with Gasteiger partial charge in [-0.25, -0.2) is 4.98 Å². The van der Waals surface area contributed by atoms with E-state index in [0.29, 0.717) is 11.6 Å². The SMILES string of the molecule is Cn1ccnc1CNc1ccc(Cl)c(Br)c1. The van der Waals surface area contributed by atoms with Crippen molar-refractivity contribution in [3.05, 3.63) is 45.9 Å². The van der Waals surface area contributed by atoms with Gasteiger partial charge in [-0.05, 0) is 34.1 Å². The molecule has 0 saturated heterocycles. The van der Waals surface area contributed by atoms with E-state index in [1.165, 1.54) is 0 Å². The van der Waals surface area contributed by atoms with Crippen molar-refractivity contribution in [1.29, 1.82) is 0 Å². The second-order valence-corrected chi connectivity index (χ2v) is 4.70. The third-order valence-electron chi connectivity index (χ3n) is 2.29. The number of anilines is 1. The van der Waals surface area contributed by atoms with Crippen molar-refractivity contribution in [3.8, 4) is 0 Å². The molecule has 0 aliphatic carbocycles. The van der Waals surface area contributed by atoms with Crippen molar-refractivity contribution < 1.29 is 0 Å². The molecule has 0 radical (unpaired) electrons. The summed E-state index contributed by atoms with van der Waals surface area (Å²) in [6.07, 6.45) is 3.71. The molecule has 2 aromatic rings. The smallest absolute Gasteiger partial charge is 0.127 e. The lowest BCUT2D eigenvalue weighted by Crippen LogP contribution is -2.05. The van der Waals surface area contributed by atoms with Crippen molar-refractivity contribution in [2.45, 2.75) is 6.54 Å². The fourth-order valence-corrected chi connectivity index (χ4v) is 1.85. The van der Waals surface area contributed by atoms with Crippen LogP contribution in [0.3, 0.4) is 0 Å². The van der Waals surface area contributed by atoms with Crippen molar-refractivity contribution in [3.63, 3.8) is 0 Å². The number of nitrogens with zero attached hydrogens (tertiary/aromatic N) is 2. The highest BCUT2D eigenvalue weighted by molar-refractivity contribution is 9.10. The van der Waals surface area contributed by atoms with Gasteiger partial charge >= 0.3 is 0 Å². The fourth-order valence-electron chi connectivity index (χ4n) is 1.35. The van der Waals surface area contributed by atoms with Crippen LogP contribution in [-0.4, -0.2) is 9.55 Å². The molecule has 0 aliphatic rings. The molecule has 16 heavy (non-hydrogen) atoms. The lowest BCUT2D eigenvalue weighted by atomic mass is 10.3. The summed E-state index contributed by atoms with van der Waals surface area (Å²) in [5.41, 5.74) is 1.01. The van der Waals surface area contributed by atoms with E-state index in [4.69, 9.17) is 11.6 Å². The molecule has 1 N–H and O–H groups in total. The van der Waals surface area contributed by atoms with Crippen molar-refractivity contribution in [2.24, 2.45) is 7.05 Å². The lowest BCUT2D eigenvalue weighted by Gasteiger charge is -2.07. The van der Waals surface area contributed by atoms with Gasteiger partial charge in [-0.1, -0.05) is 11.6 Å². The predicted octanol–water partition coefficient (Wildman–Crippen LogP) is 3.45. The van der Waals surface area contributed by atoms with Gasteiger partial charge in [0.25, 0.3) is 0 Å². The maximum absolute atomic E-state index is 5.91. The Kier molecular flexibility index (Phi) is 3.51. The first kappa shape index (κ1) is 11.5. The minimum absolute atomic E-state index is 0.692. The molecule has 0 amide bonds. The maximum Gasteiger partial charge on any atom is 0.127 e. The second kappa shape index (κ2) is 4.89. The Morgan fingerprint density at radius 3 is 2.94 bits per heavy atom. The van der Waals surface area contributed by atoms with E-state index in [0.717, 1.165) is 16.0 Å². The zero-order chi connectivity index (χ0) is 11.5.